The number of pyridine rings is 1. The Hall–Kier alpha value is -3.76. The fourth-order valence-electron chi connectivity index (χ4n) is 2.98. The van der Waals surface area contributed by atoms with Crippen molar-refractivity contribution >= 4 is 23.7 Å². The molecule has 0 fully saturated rings. The van der Waals surface area contributed by atoms with E-state index in [-0.39, 0.29) is 11.5 Å². The third-order valence-corrected chi connectivity index (χ3v) is 4.27. The number of anilines is 1. The van der Waals surface area contributed by atoms with E-state index in [0.717, 1.165) is 17.1 Å². The SMILES string of the molecule is CC(C)OC(=O)NN(C(=O)OC(C)C)c1c(-c2ccc(C(F)(F)F)cc2)nc2ccccn12. The molecule has 33 heavy (non-hydrogen) atoms. The van der Waals surface area contributed by atoms with Crippen LogP contribution in [0.15, 0.2) is 48.7 Å². The summed E-state index contributed by atoms with van der Waals surface area (Å²) < 4.78 is 50.9. The van der Waals surface area contributed by atoms with Crippen molar-refractivity contribution in [3.63, 3.8) is 0 Å². The highest BCUT2D eigenvalue weighted by atomic mass is 19.4. The van der Waals surface area contributed by atoms with Crippen molar-refractivity contribution in [1.82, 2.24) is 14.8 Å². The predicted molar refractivity (Wildman–Crippen MR) is 114 cm³/mol. The van der Waals surface area contributed by atoms with Gasteiger partial charge in [0.1, 0.15) is 11.3 Å². The van der Waals surface area contributed by atoms with Gasteiger partial charge in [-0.05, 0) is 52.0 Å². The molecule has 0 unspecified atom stereocenters. The molecule has 0 saturated heterocycles. The zero-order valence-corrected chi connectivity index (χ0v) is 18.4. The molecule has 0 bridgehead atoms. The molecular formula is C22H23F3N4O4. The number of benzene rings is 1. The third-order valence-electron chi connectivity index (χ3n) is 4.27. The fraction of sp³-hybridized carbons (Fsp3) is 0.318. The summed E-state index contributed by atoms with van der Waals surface area (Å²) in [5.74, 6) is 0.0664. The molecule has 8 nitrogen and oxygen atoms in total. The van der Waals surface area contributed by atoms with Crippen LogP contribution in [0.4, 0.5) is 28.6 Å². The Kier molecular flexibility index (Phi) is 6.80. The van der Waals surface area contributed by atoms with Crippen molar-refractivity contribution in [3.05, 3.63) is 54.2 Å². The van der Waals surface area contributed by atoms with Crippen molar-refractivity contribution < 1.29 is 32.2 Å². The van der Waals surface area contributed by atoms with E-state index in [9.17, 15) is 22.8 Å². The number of aromatic nitrogens is 2. The number of hydrazine groups is 1. The second-order valence-corrected chi connectivity index (χ2v) is 7.62. The maximum Gasteiger partial charge on any atom is 0.435 e. The van der Waals surface area contributed by atoms with E-state index < -0.39 is 36.1 Å². The van der Waals surface area contributed by atoms with E-state index in [1.807, 2.05) is 0 Å². The van der Waals surface area contributed by atoms with Crippen LogP contribution in [0.25, 0.3) is 16.9 Å². The Morgan fingerprint density at radius 3 is 2.21 bits per heavy atom. The van der Waals surface area contributed by atoms with Crippen molar-refractivity contribution in [2.75, 3.05) is 5.01 Å². The first-order chi connectivity index (χ1) is 15.5. The summed E-state index contributed by atoms with van der Waals surface area (Å²) in [6.45, 7) is 6.54. The number of imidazole rings is 1. The lowest BCUT2D eigenvalue weighted by atomic mass is 10.1. The van der Waals surface area contributed by atoms with Gasteiger partial charge >= 0.3 is 18.4 Å². The first kappa shape index (κ1) is 23.9. The maximum absolute atomic E-state index is 13.0. The number of fused-ring (bicyclic) bond motifs is 1. The molecule has 3 rings (SSSR count). The van der Waals surface area contributed by atoms with Gasteiger partial charge in [0.25, 0.3) is 0 Å². The second kappa shape index (κ2) is 9.39. The minimum atomic E-state index is -4.50. The first-order valence-corrected chi connectivity index (χ1v) is 10.1. The molecule has 1 N–H and O–H groups in total. The number of hydrogen-bond donors (Lipinski definition) is 1. The van der Waals surface area contributed by atoms with E-state index in [1.165, 1.54) is 16.5 Å². The lowest BCUT2D eigenvalue weighted by Gasteiger charge is -2.24. The topological polar surface area (TPSA) is 85.2 Å². The van der Waals surface area contributed by atoms with Crippen LogP contribution in [-0.2, 0) is 15.7 Å². The summed E-state index contributed by atoms with van der Waals surface area (Å²) in [4.78, 5) is 29.7. The predicted octanol–water partition coefficient (Wildman–Crippen LogP) is 5.42. The molecule has 0 radical (unpaired) electrons. The van der Waals surface area contributed by atoms with Gasteiger partial charge in [-0.25, -0.2) is 20.0 Å². The molecule has 3 aromatic rings. The molecule has 176 valence electrons. The maximum atomic E-state index is 13.0. The molecule has 2 amide bonds. The molecule has 1 aromatic carbocycles. The number of hydrogen-bond acceptors (Lipinski definition) is 5. The molecule has 0 aliphatic rings. The van der Waals surface area contributed by atoms with Gasteiger partial charge in [-0.15, -0.1) is 0 Å². The second-order valence-electron chi connectivity index (χ2n) is 7.62. The molecule has 2 heterocycles. The minimum Gasteiger partial charge on any atom is -0.446 e. The van der Waals surface area contributed by atoms with Crippen molar-refractivity contribution in [2.24, 2.45) is 0 Å². The van der Waals surface area contributed by atoms with Gasteiger partial charge in [0.2, 0.25) is 0 Å². The fourth-order valence-corrected chi connectivity index (χ4v) is 2.98. The molecule has 0 spiro atoms. The molecule has 0 saturated carbocycles. The van der Waals surface area contributed by atoms with E-state index in [4.69, 9.17) is 9.47 Å². The van der Waals surface area contributed by atoms with Crippen molar-refractivity contribution in [2.45, 2.75) is 46.1 Å². The number of amides is 2. The molecule has 0 aliphatic heterocycles. The van der Waals surface area contributed by atoms with Gasteiger partial charge in [-0.2, -0.15) is 18.2 Å². The lowest BCUT2D eigenvalue weighted by Crippen LogP contribution is -2.48. The van der Waals surface area contributed by atoms with Crippen LogP contribution in [0, 0.1) is 0 Å². The average molecular weight is 464 g/mol. The number of nitrogens with zero attached hydrogens (tertiary/aromatic N) is 3. The van der Waals surface area contributed by atoms with Gasteiger partial charge in [0, 0.05) is 11.8 Å². The van der Waals surface area contributed by atoms with E-state index in [1.54, 1.807) is 52.1 Å². The van der Waals surface area contributed by atoms with Gasteiger partial charge in [0.15, 0.2) is 5.82 Å². The number of alkyl halides is 3. The summed E-state index contributed by atoms with van der Waals surface area (Å²) in [7, 11) is 0. The Labute approximate surface area is 187 Å². The van der Waals surface area contributed by atoms with Crippen LogP contribution in [0.1, 0.15) is 33.3 Å². The summed E-state index contributed by atoms with van der Waals surface area (Å²) in [5.41, 5.74) is 2.36. The van der Waals surface area contributed by atoms with Gasteiger partial charge in [0.05, 0.1) is 17.8 Å². The normalized spacial score (nSPS) is 11.7. The average Bonchev–Trinajstić information content (AvgIpc) is 3.09. The first-order valence-electron chi connectivity index (χ1n) is 10.1. The monoisotopic (exact) mass is 464 g/mol. The summed E-state index contributed by atoms with van der Waals surface area (Å²) in [5, 5.41) is 0.831. The quantitative estimate of drug-likeness (QED) is 0.521. The molecule has 11 heteroatoms. The van der Waals surface area contributed by atoms with Gasteiger partial charge in [-0.1, -0.05) is 18.2 Å². The third kappa shape index (κ3) is 5.54. The molecule has 2 aromatic heterocycles. The zero-order valence-electron chi connectivity index (χ0n) is 18.4. The van der Waals surface area contributed by atoms with Crippen LogP contribution in [-0.4, -0.2) is 33.8 Å². The lowest BCUT2D eigenvalue weighted by molar-refractivity contribution is -0.137. The summed E-state index contributed by atoms with van der Waals surface area (Å²) >= 11 is 0. The van der Waals surface area contributed by atoms with E-state index in [2.05, 4.69) is 10.4 Å². The number of nitrogens with one attached hydrogen (secondary N) is 1. The number of halogens is 3. The number of rotatable bonds is 4. The molecule has 0 atom stereocenters. The van der Waals surface area contributed by atoms with Crippen molar-refractivity contribution in [3.8, 4) is 11.3 Å². The van der Waals surface area contributed by atoms with Crippen LogP contribution in [0.3, 0.4) is 0 Å². The van der Waals surface area contributed by atoms with Crippen LogP contribution in [0.2, 0.25) is 0 Å². The highest BCUT2D eigenvalue weighted by molar-refractivity contribution is 5.94. The molecular weight excluding hydrogens is 441 g/mol. The minimum absolute atomic E-state index is 0.0664. The van der Waals surface area contributed by atoms with E-state index in [0.29, 0.717) is 11.2 Å². The standard InChI is InChI=1S/C22H23F3N4O4/c1-13(2)32-20(30)27-29(21(31)33-14(3)4)19-18(26-17-7-5-6-12-28(17)19)15-8-10-16(11-9-15)22(23,24)25/h5-14H,1-4H3,(H,27,30). The molecule has 0 aliphatic carbocycles. The summed E-state index contributed by atoms with van der Waals surface area (Å²) in [6.07, 6.45) is -5.74. The highest BCUT2D eigenvalue weighted by Gasteiger charge is 2.32. The van der Waals surface area contributed by atoms with Gasteiger partial charge < -0.3 is 9.47 Å². The smallest absolute Gasteiger partial charge is 0.435 e. The zero-order chi connectivity index (χ0) is 24.3. The van der Waals surface area contributed by atoms with Crippen LogP contribution < -0.4 is 10.4 Å². The number of carbonyl (C=O) groups excluding carboxylic acids is 2. The largest absolute Gasteiger partial charge is 0.446 e. The highest BCUT2D eigenvalue weighted by Crippen LogP contribution is 2.34. The van der Waals surface area contributed by atoms with Crippen LogP contribution in [0.5, 0.6) is 0 Å². The number of carbonyl (C=O) groups is 2. The Morgan fingerprint density at radius 1 is 1.00 bits per heavy atom. The summed E-state index contributed by atoms with van der Waals surface area (Å²) in [6, 6.07) is 9.35. The Morgan fingerprint density at radius 2 is 1.64 bits per heavy atom. The van der Waals surface area contributed by atoms with E-state index >= 15 is 0 Å². The Balaban J connectivity index is 2.16. The Bertz CT molecular complexity index is 1140. The van der Waals surface area contributed by atoms with Crippen LogP contribution >= 0.6 is 0 Å². The number of ether oxygens (including phenoxy) is 2. The van der Waals surface area contributed by atoms with Gasteiger partial charge in [-0.3, -0.25) is 4.40 Å². The van der Waals surface area contributed by atoms with Crippen molar-refractivity contribution in [1.29, 1.82) is 0 Å².